The molecule has 2 rings (SSSR count). The van der Waals surface area contributed by atoms with E-state index in [-0.39, 0.29) is 6.10 Å². The lowest BCUT2D eigenvalue weighted by Crippen LogP contribution is -2.00. The Balaban J connectivity index is 2.01. The van der Waals surface area contributed by atoms with Gasteiger partial charge in [-0.25, -0.2) is 0 Å². The summed E-state index contributed by atoms with van der Waals surface area (Å²) in [6.07, 6.45) is 0.137. The quantitative estimate of drug-likeness (QED) is 0.860. The van der Waals surface area contributed by atoms with Gasteiger partial charge >= 0.3 is 0 Å². The number of hydrogen-bond donors (Lipinski definition) is 1. The van der Waals surface area contributed by atoms with Crippen molar-refractivity contribution >= 4 is 17.0 Å². The van der Waals surface area contributed by atoms with Gasteiger partial charge in [-0.05, 0) is 47.0 Å². The number of nitrogens with one attached hydrogen (secondary N) is 1. The molecule has 2 aromatic rings. The highest BCUT2D eigenvalue weighted by molar-refractivity contribution is 7.07. The Labute approximate surface area is 106 Å². The number of thiophene rings is 1. The molecule has 2 nitrogen and oxygen atoms in total. The lowest BCUT2D eigenvalue weighted by molar-refractivity contribution is 0.119. The van der Waals surface area contributed by atoms with Crippen molar-refractivity contribution in [2.75, 3.05) is 12.4 Å². The molecular formula is C14H17NOS. The molecule has 1 heterocycles. The molecule has 0 saturated heterocycles. The average Bonchev–Trinajstić information content (AvgIpc) is 2.89. The minimum absolute atomic E-state index is 0.137. The van der Waals surface area contributed by atoms with E-state index in [1.165, 1.54) is 11.1 Å². The van der Waals surface area contributed by atoms with E-state index in [9.17, 15) is 0 Å². The van der Waals surface area contributed by atoms with Crippen molar-refractivity contribution in [1.82, 2.24) is 0 Å². The van der Waals surface area contributed by atoms with Gasteiger partial charge in [-0.15, -0.1) is 0 Å². The Hall–Kier alpha value is -1.32. The fourth-order valence-corrected chi connectivity index (χ4v) is 2.30. The molecular weight excluding hydrogens is 230 g/mol. The third-order valence-electron chi connectivity index (χ3n) is 2.79. The van der Waals surface area contributed by atoms with Gasteiger partial charge in [0.15, 0.2) is 0 Å². The molecule has 0 bridgehead atoms. The first kappa shape index (κ1) is 12.1. The van der Waals surface area contributed by atoms with Gasteiger partial charge in [-0.1, -0.05) is 12.1 Å². The van der Waals surface area contributed by atoms with Crippen LogP contribution in [0.5, 0.6) is 0 Å². The molecule has 0 spiro atoms. The van der Waals surface area contributed by atoms with E-state index >= 15 is 0 Å². The van der Waals surface area contributed by atoms with E-state index in [0.717, 1.165) is 12.2 Å². The molecule has 1 N–H and O–H groups in total. The highest BCUT2D eigenvalue weighted by atomic mass is 32.1. The lowest BCUT2D eigenvalue weighted by Gasteiger charge is -2.12. The molecule has 0 aliphatic heterocycles. The third kappa shape index (κ3) is 3.32. The Morgan fingerprint density at radius 2 is 2.24 bits per heavy atom. The molecule has 0 aliphatic rings. The molecule has 0 fully saturated rings. The van der Waals surface area contributed by atoms with Crippen LogP contribution >= 0.6 is 11.3 Å². The van der Waals surface area contributed by atoms with Crippen molar-refractivity contribution in [3.8, 4) is 0 Å². The van der Waals surface area contributed by atoms with E-state index in [2.05, 4.69) is 53.3 Å². The molecule has 90 valence electrons. The fourth-order valence-electron chi connectivity index (χ4n) is 1.63. The van der Waals surface area contributed by atoms with Crippen LogP contribution in [-0.2, 0) is 11.3 Å². The van der Waals surface area contributed by atoms with Crippen LogP contribution in [0.15, 0.2) is 41.1 Å². The van der Waals surface area contributed by atoms with Crippen LogP contribution < -0.4 is 5.32 Å². The van der Waals surface area contributed by atoms with Crippen molar-refractivity contribution < 1.29 is 4.74 Å². The molecule has 3 heteroatoms. The molecule has 1 aromatic carbocycles. The zero-order chi connectivity index (χ0) is 12.1. The van der Waals surface area contributed by atoms with Crippen LogP contribution in [0, 0.1) is 0 Å². The van der Waals surface area contributed by atoms with Crippen LogP contribution in [0.3, 0.4) is 0 Å². The second-order valence-electron chi connectivity index (χ2n) is 3.99. The number of methoxy groups -OCH3 is 1. The lowest BCUT2D eigenvalue weighted by atomic mass is 10.1. The van der Waals surface area contributed by atoms with Gasteiger partial charge in [0.2, 0.25) is 0 Å². The minimum atomic E-state index is 0.137. The Morgan fingerprint density at radius 1 is 1.35 bits per heavy atom. The first-order chi connectivity index (χ1) is 8.29. The number of rotatable bonds is 5. The molecule has 1 aromatic heterocycles. The van der Waals surface area contributed by atoms with Crippen LogP contribution in [-0.4, -0.2) is 7.11 Å². The standard InChI is InChI=1S/C14H17NOS/c1-11(16-2)13-4-3-5-14(8-13)15-9-12-6-7-17-10-12/h3-8,10-11,15H,9H2,1-2H3/t11-/m0/s1. The molecule has 0 unspecified atom stereocenters. The maximum Gasteiger partial charge on any atom is 0.0793 e. The molecule has 1 atom stereocenters. The van der Waals surface area contributed by atoms with Gasteiger partial charge in [0.25, 0.3) is 0 Å². The second kappa shape index (κ2) is 5.84. The highest BCUT2D eigenvalue weighted by Gasteiger charge is 2.03. The first-order valence-corrected chi connectivity index (χ1v) is 6.61. The van der Waals surface area contributed by atoms with Crippen LogP contribution in [0.1, 0.15) is 24.2 Å². The Morgan fingerprint density at radius 3 is 2.94 bits per heavy atom. The van der Waals surface area contributed by atoms with Gasteiger partial charge in [-0.2, -0.15) is 11.3 Å². The third-order valence-corrected chi connectivity index (χ3v) is 3.52. The van der Waals surface area contributed by atoms with E-state index in [4.69, 9.17) is 4.74 Å². The molecule has 0 aliphatic carbocycles. The van der Waals surface area contributed by atoms with Gasteiger partial charge in [0.1, 0.15) is 0 Å². The molecule has 0 saturated carbocycles. The summed E-state index contributed by atoms with van der Waals surface area (Å²) in [5.41, 5.74) is 3.65. The summed E-state index contributed by atoms with van der Waals surface area (Å²) < 4.78 is 5.32. The number of ether oxygens (including phenoxy) is 1. The van der Waals surface area contributed by atoms with Gasteiger partial charge in [0.05, 0.1) is 6.10 Å². The summed E-state index contributed by atoms with van der Waals surface area (Å²) in [4.78, 5) is 0. The van der Waals surface area contributed by atoms with E-state index in [0.29, 0.717) is 0 Å². The maximum absolute atomic E-state index is 5.32. The predicted octanol–water partition coefficient (Wildman–Crippen LogP) is 4.07. The number of anilines is 1. The smallest absolute Gasteiger partial charge is 0.0793 e. The predicted molar refractivity (Wildman–Crippen MR) is 73.5 cm³/mol. The second-order valence-corrected chi connectivity index (χ2v) is 4.77. The zero-order valence-corrected chi connectivity index (χ0v) is 11.0. The molecule has 17 heavy (non-hydrogen) atoms. The summed E-state index contributed by atoms with van der Waals surface area (Å²) in [6.45, 7) is 2.92. The SMILES string of the molecule is CO[C@@H](C)c1cccc(NCc2ccsc2)c1. The Bertz CT molecular complexity index is 453. The summed E-state index contributed by atoms with van der Waals surface area (Å²) in [6, 6.07) is 10.5. The van der Waals surface area contributed by atoms with Crippen molar-refractivity contribution in [1.29, 1.82) is 0 Å². The van der Waals surface area contributed by atoms with Gasteiger partial charge < -0.3 is 10.1 Å². The molecule has 0 radical (unpaired) electrons. The normalized spacial score (nSPS) is 12.4. The molecule has 0 amide bonds. The van der Waals surface area contributed by atoms with Crippen LogP contribution in [0.2, 0.25) is 0 Å². The first-order valence-electron chi connectivity index (χ1n) is 5.67. The fraction of sp³-hybridized carbons (Fsp3) is 0.286. The monoisotopic (exact) mass is 247 g/mol. The van der Waals surface area contributed by atoms with Gasteiger partial charge in [-0.3, -0.25) is 0 Å². The Kier molecular flexibility index (Phi) is 4.18. The largest absolute Gasteiger partial charge is 0.381 e. The van der Waals surface area contributed by atoms with E-state index in [1.807, 2.05) is 0 Å². The summed E-state index contributed by atoms with van der Waals surface area (Å²) >= 11 is 1.73. The zero-order valence-electron chi connectivity index (χ0n) is 10.1. The van der Waals surface area contributed by atoms with Crippen molar-refractivity contribution in [2.45, 2.75) is 19.6 Å². The van der Waals surface area contributed by atoms with Crippen LogP contribution in [0.4, 0.5) is 5.69 Å². The number of hydrogen-bond acceptors (Lipinski definition) is 3. The summed E-state index contributed by atoms with van der Waals surface area (Å²) in [5, 5.41) is 7.68. The highest BCUT2D eigenvalue weighted by Crippen LogP contribution is 2.20. The van der Waals surface area contributed by atoms with E-state index < -0.39 is 0 Å². The maximum atomic E-state index is 5.32. The van der Waals surface area contributed by atoms with Crippen molar-refractivity contribution in [3.63, 3.8) is 0 Å². The van der Waals surface area contributed by atoms with Crippen molar-refractivity contribution in [2.24, 2.45) is 0 Å². The van der Waals surface area contributed by atoms with E-state index in [1.54, 1.807) is 18.4 Å². The van der Waals surface area contributed by atoms with Gasteiger partial charge in [0, 0.05) is 19.3 Å². The summed E-state index contributed by atoms with van der Waals surface area (Å²) in [5.74, 6) is 0. The minimum Gasteiger partial charge on any atom is -0.381 e. The average molecular weight is 247 g/mol. The van der Waals surface area contributed by atoms with Crippen LogP contribution in [0.25, 0.3) is 0 Å². The topological polar surface area (TPSA) is 21.3 Å². The number of benzene rings is 1. The summed E-state index contributed by atoms with van der Waals surface area (Å²) in [7, 11) is 1.73. The van der Waals surface area contributed by atoms with Crippen molar-refractivity contribution in [3.05, 3.63) is 52.2 Å².